The van der Waals surface area contributed by atoms with Crippen molar-refractivity contribution < 1.29 is 4.74 Å². The van der Waals surface area contributed by atoms with E-state index in [9.17, 15) is 9.59 Å². The second kappa shape index (κ2) is 6.28. The third-order valence-corrected chi connectivity index (χ3v) is 3.61. The van der Waals surface area contributed by atoms with E-state index >= 15 is 0 Å². The summed E-state index contributed by atoms with van der Waals surface area (Å²) < 4.78 is 6.22. The lowest BCUT2D eigenvalue weighted by molar-refractivity contribution is 0.101. The first-order valence-electron chi connectivity index (χ1n) is 6.56. The molecule has 1 heterocycles. The van der Waals surface area contributed by atoms with Gasteiger partial charge >= 0.3 is 5.69 Å². The minimum Gasteiger partial charge on any atom is -0.380 e. The molecule has 1 aromatic carbocycles. The van der Waals surface area contributed by atoms with E-state index in [0.717, 1.165) is 10.1 Å². The number of nitrogens with zero attached hydrogens (tertiary/aromatic N) is 1. The van der Waals surface area contributed by atoms with Crippen LogP contribution in [0.1, 0.15) is 12.5 Å². The van der Waals surface area contributed by atoms with Crippen LogP contribution in [0.4, 0.5) is 0 Å². The molecule has 5 nitrogen and oxygen atoms in total. The molecular weight excluding hydrogens is 292 g/mol. The average Bonchev–Trinajstić information content (AvgIpc) is 2.45. The van der Waals surface area contributed by atoms with Gasteiger partial charge in [-0.05, 0) is 19.4 Å². The van der Waals surface area contributed by atoms with Crippen molar-refractivity contribution >= 4 is 11.6 Å². The Hall–Kier alpha value is -1.85. The Balaban J connectivity index is 2.62. The molecule has 6 heteroatoms. The van der Waals surface area contributed by atoms with Crippen molar-refractivity contribution in [1.82, 2.24) is 9.55 Å². The lowest BCUT2D eigenvalue weighted by Crippen LogP contribution is -2.39. The molecule has 21 heavy (non-hydrogen) atoms. The maximum absolute atomic E-state index is 12.6. The van der Waals surface area contributed by atoms with Gasteiger partial charge in [-0.1, -0.05) is 41.4 Å². The van der Waals surface area contributed by atoms with Crippen LogP contribution in [0.2, 0.25) is 5.15 Å². The summed E-state index contributed by atoms with van der Waals surface area (Å²) in [6, 6.07) is 7.39. The van der Waals surface area contributed by atoms with Crippen LogP contribution in [0, 0.1) is 6.92 Å². The molecule has 0 fully saturated rings. The van der Waals surface area contributed by atoms with E-state index in [0.29, 0.717) is 11.1 Å². The minimum absolute atomic E-state index is 0.0511. The second-order valence-corrected chi connectivity index (χ2v) is 5.33. The Morgan fingerprint density at radius 1 is 1.29 bits per heavy atom. The van der Waals surface area contributed by atoms with Gasteiger partial charge in [0.25, 0.3) is 5.56 Å². The zero-order valence-electron chi connectivity index (χ0n) is 12.1. The summed E-state index contributed by atoms with van der Waals surface area (Å²) in [6.45, 7) is 3.91. The first-order chi connectivity index (χ1) is 9.93. The summed E-state index contributed by atoms with van der Waals surface area (Å²) in [6.07, 6.45) is -0.254. The summed E-state index contributed by atoms with van der Waals surface area (Å²) >= 11 is 6.05. The number of H-pyrrole nitrogens is 1. The van der Waals surface area contributed by atoms with Crippen LogP contribution in [-0.2, 0) is 11.3 Å². The number of ether oxygens (including phenoxy) is 1. The fourth-order valence-electron chi connectivity index (χ4n) is 2.01. The molecule has 0 saturated heterocycles. The van der Waals surface area contributed by atoms with Crippen molar-refractivity contribution in [2.24, 2.45) is 0 Å². The Labute approximate surface area is 127 Å². The molecule has 2 rings (SSSR count). The molecular formula is C15H17ClN2O3. The van der Waals surface area contributed by atoms with Crippen LogP contribution in [0.3, 0.4) is 0 Å². The molecule has 1 atom stereocenters. The first kappa shape index (κ1) is 15.5. The third-order valence-electron chi connectivity index (χ3n) is 3.32. The zero-order chi connectivity index (χ0) is 15.6. The average molecular weight is 309 g/mol. The summed E-state index contributed by atoms with van der Waals surface area (Å²) in [7, 11) is 1.53. The monoisotopic (exact) mass is 308 g/mol. The Morgan fingerprint density at radius 2 is 1.90 bits per heavy atom. The lowest BCUT2D eigenvalue weighted by Gasteiger charge is -2.13. The third kappa shape index (κ3) is 3.25. The van der Waals surface area contributed by atoms with Gasteiger partial charge in [0.2, 0.25) is 0 Å². The molecule has 0 amide bonds. The maximum Gasteiger partial charge on any atom is 0.329 e. The van der Waals surface area contributed by atoms with Gasteiger partial charge < -0.3 is 4.74 Å². The van der Waals surface area contributed by atoms with Crippen molar-refractivity contribution in [3.63, 3.8) is 0 Å². The van der Waals surface area contributed by atoms with Gasteiger partial charge in [0.1, 0.15) is 5.15 Å². The SMILES string of the molecule is COC(C)Cn1c(=O)[nH]c(Cl)c(-c2ccc(C)cc2)c1=O. The van der Waals surface area contributed by atoms with E-state index in [1.807, 2.05) is 19.1 Å². The van der Waals surface area contributed by atoms with Crippen molar-refractivity contribution in [2.75, 3.05) is 7.11 Å². The van der Waals surface area contributed by atoms with Crippen LogP contribution in [-0.4, -0.2) is 22.8 Å². The van der Waals surface area contributed by atoms with E-state index in [-0.39, 0.29) is 17.8 Å². The molecule has 0 aliphatic heterocycles. The molecule has 112 valence electrons. The van der Waals surface area contributed by atoms with Gasteiger partial charge in [-0.25, -0.2) is 4.79 Å². The van der Waals surface area contributed by atoms with E-state index < -0.39 is 11.2 Å². The topological polar surface area (TPSA) is 64.1 Å². The van der Waals surface area contributed by atoms with Crippen LogP contribution < -0.4 is 11.2 Å². The fraction of sp³-hybridized carbons (Fsp3) is 0.333. The molecule has 0 aliphatic rings. The molecule has 0 aliphatic carbocycles. The lowest BCUT2D eigenvalue weighted by atomic mass is 10.1. The highest BCUT2D eigenvalue weighted by atomic mass is 35.5. The first-order valence-corrected chi connectivity index (χ1v) is 6.94. The molecule has 1 N–H and O–H groups in total. The van der Waals surface area contributed by atoms with Crippen molar-refractivity contribution in [2.45, 2.75) is 26.5 Å². The predicted octanol–water partition coefficient (Wildman–Crippen LogP) is 2.20. The standard InChI is InChI=1S/C15H17ClN2O3/c1-9-4-6-11(7-5-9)12-13(16)17-15(20)18(14(12)19)8-10(2)21-3/h4-7,10H,8H2,1-3H3,(H,17,20). The smallest absolute Gasteiger partial charge is 0.329 e. The van der Waals surface area contributed by atoms with Gasteiger partial charge in [0.05, 0.1) is 18.2 Å². The van der Waals surface area contributed by atoms with E-state index in [1.54, 1.807) is 19.1 Å². The van der Waals surface area contributed by atoms with Crippen LogP contribution in [0.15, 0.2) is 33.9 Å². The largest absolute Gasteiger partial charge is 0.380 e. The molecule has 1 unspecified atom stereocenters. The highest BCUT2D eigenvalue weighted by Crippen LogP contribution is 2.21. The van der Waals surface area contributed by atoms with Crippen molar-refractivity contribution in [3.8, 4) is 11.1 Å². The van der Waals surface area contributed by atoms with E-state index in [4.69, 9.17) is 16.3 Å². The number of hydrogen-bond donors (Lipinski definition) is 1. The Kier molecular flexibility index (Phi) is 4.65. The molecule has 0 saturated carbocycles. The summed E-state index contributed by atoms with van der Waals surface area (Å²) in [5.41, 5.74) is 1.08. The van der Waals surface area contributed by atoms with Gasteiger partial charge in [-0.15, -0.1) is 0 Å². The van der Waals surface area contributed by atoms with Crippen molar-refractivity contribution in [3.05, 3.63) is 55.8 Å². The number of halogens is 1. The van der Waals surface area contributed by atoms with Crippen LogP contribution in [0.25, 0.3) is 11.1 Å². The minimum atomic E-state index is -0.537. The number of benzene rings is 1. The summed E-state index contributed by atoms with van der Waals surface area (Å²) in [5, 5.41) is 0.0511. The molecule has 0 spiro atoms. The predicted molar refractivity (Wildman–Crippen MR) is 83.0 cm³/mol. The Morgan fingerprint density at radius 3 is 2.48 bits per heavy atom. The number of aryl methyl sites for hydroxylation is 1. The molecule has 1 aromatic heterocycles. The van der Waals surface area contributed by atoms with Gasteiger partial charge in [0.15, 0.2) is 0 Å². The number of rotatable bonds is 4. The van der Waals surface area contributed by atoms with Gasteiger partial charge in [-0.3, -0.25) is 14.3 Å². The summed E-state index contributed by atoms with van der Waals surface area (Å²) in [5.74, 6) is 0. The molecule has 2 aromatic rings. The normalized spacial score (nSPS) is 12.4. The second-order valence-electron chi connectivity index (χ2n) is 4.95. The number of nitrogens with one attached hydrogen (secondary N) is 1. The number of hydrogen-bond acceptors (Lipinski definition) is 3. The highest BCUT2D eigenvalue weighted by molar-refractivity contribution is 6.32. The molecule has 0 bridgehead atoms. The van der Waals surface area contributed by atoms with Crippen LogP contribution >= 0.6 is 11.6 Å². The maximum atomic E-state index is 12.6. The van der Waals surface area contributed by atoms with E-state index in [1.165, 1.54) is 7.11 Å². The number of aromatic amines is 1. The fourth-order valence-corrected chi connectivity index (χ4v) is 2.28. The number of aromatic nitrogens is 2. The van der Waals surface area contributed by atoms with Gasteiger partial charge in [0, 0.05) is 7.11 Å². The number of methoxy groups -OCH3 is 1. The Bertz CT molecular complexity index is 747. The zero-order valence-corrected chi connectivity index (χ0v) is 12.9. The van der Waals surface area contributed by atoms with Crippen LogP contribution in [0.5, 0.6) is 0 Å². The quantitative estimate of drug-likeness (QED) is 0.881. The van der Waals surface area contributed by atoms with Gasteiger partial charge in [-0.2, -0.15) is 0 Å². The molecule has 0 radical (unpaired) electrons. The highest BCUT2D eigenvalue weighted by Gasteiger charge is 2.16. The summed E-state index contributed by atoms with van der Waals surface area (Å²) in [4.78, 5) is 27.0. The van der Waals surface area contributed by atoms with Crippen molar-refractivity contribution in [1.29, 1.82) is 0 Å². The van der Waals surface area contributed by atoms with E-state index in [2.05, 4.69) is 4.98 Å².